The van der Waals surface area contributed by atoms with Crippen molar-refractivity contribution in [2.75, 3.05) is 0 Å². The maximum Gasteiger partial charge on any atom is 0.224 e. The Balaban J connectivity index is 2.23. The van der Waals surface area contributed by atoms with Crippen LogP contribution >= 0.6 is 0 Å². The van der Waals surface area contributed by atoms with E-state index in [1.165, 1.54) is 12.6 Å². The average Bonchev–Trinajstić information content (AvgIpc) is 2.47. The molecule has 1 saturated carbocycles. The average molecular weight is 191 g/mol. The SMILES string of the molecule is Fc1nccc2n[nH]c(C3CCC3)c12. The summed E-state index contributed by atoms with van der Waals surface area (Å²) in [4.78, 5) is 3.65. The summed E-state index contributed by atoms with van der Waals surface area (Å²) in [6.45, 7) is 0. The van der Waals surface area contributed by atoms with Crippen molar-refractivity contribution in [3.63, 3.8) is 0 Å². The van der Waals surface area contributed by atoms with Gasteiger partial charge in [-0.05, 0) is 18.9 Å². The first-order valence-electron chi connectivity index (χ1n) is 4.85. The molecular weight excluding hydrogens is 181 g/mol. The molecule has 3 nitrogen and oxygen atoms in total. The second kappa shape index (κ2) is 2.77. The van der Waals surface area contributed by atoms with E-state index in [0.717, 1.165) is 18.5 Å². The monoisotopic (exact) mass is 191 g/mol. The quantitative estimate of drug-likeness (QED) is 0.703. The lowest BCUT2D eigenvalue weighted by Crippen LogP contribution is -2.09. The molecule has 0 aromatic carbocycles. The number of aromatic amines is 1. The van der Waals surface area contributed by atoms with Crippen molar-refractivity contribution in [3.8, 4) is 0 Å². The van der Waals surface area contributed by atoms with Crippen LogP contribution in [0.1, 0.15) is 30.9 Å². The van der Waals surface area contributed by atoms with Gasteiger partial charge >= 0.3 is 0 Å². The summed E-state index contributed by atoms with van der Waals surface area (Å²) in [7, 11) is 0. The van der Waals surface area contributed by atoms with Crippen molar-refractivity contribution >= 4 is 10.9 Å². The lowest BCUT2D eigenvalue weighted by molar-refractivity contribution is 0.412. The predicted octanol–water partition coefficient (Wildman–Crippen LogP) is 2.36. The molecule has 1 N–H and O–H groups in total. The number of rotatable bonds is 1. The van der Waals surface area contributed by atoms with Crippen molar-refractivity contribution in [1.82, 2.24) is 15.2 Å². The number of aromatic nitrogens is 3. The molecular formula is C10H10FN3. The lowest BCUT2D eigenvalue weighted by Gasteiger charge is -2.24. The molecule has 4 heteroatoms. The van der Waals surface area contributed by atoms with Crippen LogP contribution in [0.3, 0.4) is 0 Å². The third-order valence-electron chi connectivity index (χ3n) is 2.96. The van der Waals surface area contributed by atoms with Gasteiger partial charge in [0.1, 0.15) is 0 Å². The summed E-state index contributed by atoms with van der Waals surface area (Å²) in [5, 5.41) is 7.58. The number of fused-ring (bicyclic) bond motifs is 1. The minimum atomic E-state index is -0.404. The molecule has 1 aliphatic carbocycles. The van der Waals surface area contributed by atoms with E-state index >= 15 is 0 Å². The van der Waals surface area contributed by atoms with Gasteiger partial charge in [-0.25, -0.2) is 4.98 Å². The summed E-state index contributed by atoms with van der Waals surface area (Å²) in [6.07, 6.45) is 4.94. The first kappa shape index (κ1) is 7.91. The zero-order chi connectivity index (χ0) is 9.54. The third-order valence-corrected chi connectivity index (χ3v) is 2.96. The number of halogens is 1. The van der Waals surface area contributed by atoms with E-state index < -0.39 is 5.95 Å². The molecule has 0 atom stereocenters. The highest BCUT2D eigenvalue weighted by molar-refractivity contribution is 5.81. The van der Waals surface area contributed by atoms with Gasteiger partial charge in [0.25, 0.3) is 0 Å². The van der Waals surface area contributed by atoms with Crippen LogP contribution in [-0.2, 0) is 0 Å². The smallest absolute Gasteiger partial charge is 0.224 e. The van der Waals surface area contributed by atoms with Gasteiger partial charge < -0.3 is 0 Å². The fourth-order valence-corrected chi connectivity index (χ4v) is 1.94. The van der Waals surface area contributed by atoms with Crippen molar-refractivity contribution in [2.24, 2.45) is 0 Å². The Morgan fingerprint density at radius 3 is 3.00 bits per heavy atom. The molecule has 0 amide bonds. The first-order chi connectivity index (χ1) is 6.86. The van der Waals surface area contributed by atoms with Crippen LogP contribution in [0.25, 0.3) is 10.9 Å². The molecule has 0 unspecified atom stereocenters. The molecule has 2 aromatic rings. The molecule has 3 rings (SSSR count). The van der Waals surface area contributed by atoms with Gasteiger partial charge in [0.2, 0.25) is 5.95 Å². The molecule has 72 valence electrons. The van der Waals surface area contributed by atoms with E-state index in [-0.39, 0.29) is 0 Å². The van der Waals surface area contributed by atoms with E-state index in [2.05, 4.69) is 15.2 Å². The zero-order valence-electron chi connectivity index (χ0n) is 7.63. The van der Waals surface area contributed by atoms with Gasteiger partial charge in [-0.2, -0.15) is 9.49 Å². The van der Waals surface area contributed by atoms with Crippen LogP contribution in [0.2, 0.25) is 0 Å². The Morgan fingerprint density at radius 2 is 2.29 bits per heavy atom. The van der Waals surface area contributed by atoms with Gasteiger partial charge in [-0.1, -0.05) is 6.42 Å². The Bertz CT molecular complexity index is 473. The van der Waals surface area contributed by atoms with Gasteiger partial charge in [-0.15, -0.1) is 0 Å². The summed E-state index contributed by atoms with van der Waals surface area (Å²) < 4.78 is 13.4. The van der Waals surface area contributed by atoms with E-state index in [4.69, 9.17) is 0 Å². The van der Waals surface area contributed by atoms with E-state index in [9.17, 15) is 4.39 Å². The third kappa shape index (κ3) is 0.967. The van der Waals surface area contributed by atoms with E-state index in [1.807, 2.05) is 0 Å². The Morgan fingerprint density at radius 1 is 1.43 bits per heavy atom. The maximum atomic E-state index is 13.4. The predicted molar refractivity (Wildman–Crippen MR) is 50.4 cm³/mol. The second-order valence-electron chi connectivity index (χ2n) is 3.76. The molecule has 0 aliphatic heterocycles. The van der Waals surface area contributed by atoms with Crippen molar-refractivity contribution in [2.45, 2.75) is 25.2 Å². The summed E-state index contributed by atoms with van der Waals surface area (Å²) in [5.74, 6) is 0.0526. The standard InChI is InChI=1S/C10H10FN3/c11-10-8-7(4-5-12-10)13-14-9(8)6-2-1-3-6/h4-6H,1-3H2,(H,13,14). The number of H-pyrrole nitrogens is 1. The highest BCUT2D eigenvalue weighted by atomic mass is 19.1. The van der Waals surface area contributed by atoms with Gasteiger partial charge in [0.15, 0.2) is 0 Å². The molecule has 0 spiro atoms. The zero-order valence-corrected chi connectivity index (χ0v) is 7.63. The van der Waals surface area contributed by atoms with Crippen LogP contribution in [0.15, 0.2) is 12.3 Å². The van der Waals surface area contributed by atoms with Crippen molar-refractivity contribution in [1.29, 1.82) is 0 Å². The Kier molecular flexibility index (Phi) is 1.56. The van der Waals surface area contributed by atoms with Crippen molar-refractivity contribution < 1.29 is 4.39 Å². The Labute approximate surface area is 80.3 Å². The van der Waals surface area contributed by atoms with Gasteiger partial charge in [-0.3, -0.25) is 5.10 Å². The maximum absolute atomic E-state index is 13.4. The molecule has 0 bridgehead atoms. The number of nitrogens with one attached hydrogen (secondary N) is 1. The van der Waals surface area contributed by atoms with Crippen LogP contribution in [0.4, 0.5) is 4.39 Å². The number of hydrogen-bond donors (Lipinski definition) is 1. The molecule has 2 heterocycles. The van der Waals surface area contributed by atoms with E-state index in [0.29, 0.717) is 16.8 Å². The molecule has 1 fully saturated rings. The largest absolute Gasteiger partial charge is 0.281 e. The highest BCUT2D eigenvalue weighted by Crippen LogP contribution is 2.38. The Hall–Kier alpha value is -1.45. The summed E-state index contributed by atoms with van der Waals surface area (Å²) in [6, 6.07) is 1.73. The lowest BCUT2D eigenvalue weighted by atomic mass is 9.82. The molecule has 1 aliphatic rings. The molecule has 0 saturated heterocycles. The minimum absolute atomic E-state index is 0.404. The normalized spacial score (nSPS) is 17.2. The van der Waals surface area contributed by atoms with Crippen molar-refractivity contribution in [3.05, 3.63) is 23.9 Å². The number of pyridine rings is 1. The topological polar surface area (TPSA) is 41.6 Å². The van der Waals surface area contributed by atoms with E-state index in [1.54, 1.807) is 6.07 Å². The molecule has 2 aromatic heterocycles. The van der Waals surface area contributed by atoms with Gasteiger partial charge in [0, 0.05) is 12.1 Å². The van der Waals surface area contributed by atoms with Crippen LogP contribution in [0, 0.1) is 5.95 Å². The molecule has 0 radical (unpaired) electrons. The highest BCUT2D eigenvalue weighted by Gasteiger charge is 2.25. The number of nitrogens with zero attached hydrogens (tertiary/aromatic N) is 2. The fraction of sp³-hybridized carbons (Fsp3) is 0.400. The second-order valence-corrected chi connectivity index (χ2v) is 3.76. The number of hydrogen-bond acceptors (Lipinski definition) is 2. The van der Waals surface area contributed by atoms with Crippen LogP contribution in [0.5, 0.6) is 0 Å². The van der Waals surface area contributed by atoms with Crippen LogP contribution < -0.4 is 0 Å². The van der Waals surface area contributed by atoms with Gasteiger partial charge in [0.05, 0.1) is 16.6 Å². The summed E-state index contributed by atoms with van der Waals surface area (Å²) >= 11 is 0. The molecule has 14 heavy (non-hydrogen) atoms. The summed E-state index contributed by atoms with van der Waals surface area (Å²) in [5.41, 5.74) is 1.61. The minimum Gasteiger partial charge on any atom is -0.281 e. The first-order valence-corrected chi connectivity index (χ1v) is 4.85. The fourth-order valence-electron chi connectivity index (χ4n) is 1.94. The van der Waals surface area contributed by atoms with Crippen LogP contribution in [-0.4, -0.2) is 15.2 Å².